The number of nitriles is 1. The van der Waals surface area contributed by atoms with E-state index in [2.05, 4.69) is 17.1 Å². The fraction of sp³-hybridized carbons (Fsp3) is 0.562. The maximum absolute atomic E-state index is 13.9. The molecule has 1 aromatic rings. The molecule has 20 heavy (non-hydrogen) atoms. The highest BCUT2D eigenvalue weighted by atomic mass is 19.1. The van der Waals surface area contributed by atoms with Crippen LogP contribution in [0.5, 0.6) is 0 Å². The first kappa shape index (κ1) is 14.8. The number of nitrogens with zero attached hydrogens (tertiary/aromatic N) is 2. The standard InChI is InChI=1S/C16H22FN3/c1-2-8-20-9-3-4-14(7-10-20)19-16-6-5-13(12-18)11-15(16)17/h5-6,11,14,19H,2-4,7-10H2,1H3. The van der Waals surface area contributed by atoms with Crippen LogP contribution in [-0.2, 0) is 0 Å². The lowest BCUT2D eigenvalue weighted by Gasteiger charge is -2.20. The Kier molecular flexibility index (Phi) is 5.37. The van der Waals surface area contributed by atoms with Crippen LogP contribution in [-0.4, -0.2) is 30.6 Å². The van der Waals surface area contributed by atoms with Gasteiger partial charge in [0.2, 0.25) is 0 Å². The Labute approximate surface area is 120 Å². The van der Waals surface area contributed by atoms with E-state index in [1.807, 2.05) is 6.07 Å². The highest BCUT2D eigenvalue weighted by Crippen LogP contribution is 2.20. The predicted octanol–water partition coefficient (Wildman–Crippen LogP) is 3.37. The van der Waals surface area contributed by atoms with Crippen molar-refractivity contribution in [1.82, 2.24) is 4.90 Å². The van der Waals surface area contributed by atoms with Gasteiger partial charge >= 0.3 is 0 Å². The van der Waals surface area contributed by atoms with Crippen molar-refractivity contribution in [2.24, 2.45) is 0 Å². The number of hydrogen-bond acceptors (Lipinski definition) is 3. The second-order valence-corrected chi connectivity index (χ2v) is 5.42. The normalized spacial score (nSPS) is 20.1. The summed E-state index contributed by atoms with van der Waals surface area (Å²) < 4.78 is 13.9. The first-order valence-electron chi connectivity index (χ1n) is 7.41. The van der Waals surface area contributed by atoms with Gasteiger partial charge in [-0.05, 0) is 57.0 Å². The second kappa shape index (κ2) is 7.25. The van der Waals surface area contributed by atoms with Crippen molar-refractivity contribution in [3.05, 3.63) is 29.6 Å². The molecule has 1 aliphatic rings. The molecule has 108 valence electrons. The van der Waals surface area contributed by atoms with Gasteiger partial charge in [-0.25, -0.2) is 4.39 Å². The third kappa shape index (κ3) is 3.94. The van der Waals surface area contributed by atoms with E-state index in [1.54, 1.807) is 12.1 Å². The molecule has 1 aromatic carbocycles. The third-order valence-corrected chi connectivity index (χ3v) is 3.82. The van der Waals surface area contributed by atoms with E-state index in [9.17, 15) is 4.39 Å². The summed E-state index contributed by atoms with van der Waals surface area (Å²) >= 11 is 0. The minimum Gasteiger partial charge on any atom is -0.380 e. The van der Waals surface area contributed by atoms with Crippen LogP contribution in [0.3, 0.4) is 0 Å². The fourth-order valence-corrected chi connectivity index (χ4v) is 2.76. The smallest absolute Gasteiger partial charge is 0.147 e. The Balaban J connectivity index is 1.95. The molecule has 1 aliphatic heterocycles. The fourth-order valence-electron chi connectivity index (χ4n) is 2.76. The summed E-state index contributed by atoms with van der Waals surface area (Å²) in [6.45, 7) is 5.57. The maximum atomic E-state index is 13.9. The highest BCUT2D eigenvalue weighted by Gasteiger charge is 2.17. The van der Waals surface area contributed by atoms with Gasteiger partial charge < -0.3 is 10.2 Å². The van der Waals surface area contributed by atoms with Gasteiger partial charge in [0.1, 0.15) is 5.82 Å². The number of rotatable bonds is 4. The largest absolute Gasteiger partial charge is 0.380 e. The van der Waals surface area contributed by atoms with Crippen LogP contribution in [0.2, 0.25) is 0 Å². The molecule has 2 rings (SSSR count). The summed E-state index contributed by atoms with van der Waals surface area (Å²) in [5, 5.41) is 12.0. The molecule has 0 bridgehead atoms. The number of benzene rings is 1. The zero-order valence-corrected chi connectivity index (χ0v) is 12.0. The molecular formula is C16H22FN3. The molecule has 4 heteroatoms. The molecule has 0 amide bonds. The summed E-state index contributed by atoms with van der Waals surface area (Å²) in [5.41, 5.74) is 0.876. The Morgan fingerprint density at radius 1 is 1.40 bits per heavy atom. The lowest BCUT2D eigenvalue weighted by Crippen LogP contribution is -2.27. The molecule has 1 atom stereocenters. The minimum atomic E-state index is -0.335. The van der Waals surface area contributed by atoms with E-state index in [0.717, 1.165) is 38.9 Å². The molecule has 3 nitrogen and oxygen atoms in total. The van der Waals surface area contributed by atoms with Gasteiger partial charge in [0.25, 0.3) is 0 Å². The monoisotopic (exact) mass is 275 g/mol. The molecule has 0 saturated carbocycles. The molecular weight excluding hydrogens is 253 g/mol. The Morgan fingerprint density at radius 3 is 2.95 bits per heavy atom. The highest BCUT2D eigenvalue weighted by molar-refractivity contribution is 5.49. The molecule has 1 heterocycles. The van der Waals surface area contributed by atoms with Crippen LogP contribution in [0.4, 0.5) is 10.1 Å². The van der Waals surface area contributed by atoms with Crippen LogP contribution < -0.4 is 5.32 Å². The third-order valence-electron chi connectivity index (χ3n) is 3.82. The van der Waals surface area contributed by atoms with Crippen molar-refractivity contribution in [3.63, 3.8) is 0 Å². The molecule has 0 aromatic heterocycles. The van der Waals surface area contributed by atoms with E-state index in [1.165, 1.54) is 12.5 Å². The molecule has 0 aliphatic carbocycles. The molecule has 1 saturated heterocycles. The summed E-state index contributed by atoms with van der Waals surface area (Å²) in [7, 11) is 0. The zero-order chi connectivity index (χ0) is 14.4. The van der Waals surface area contributed by atoms with Crippen LogP contribution in [0.15, 0.2) is 18.2 Å². The lowest BCUT2D eigenvalue weighted by molar-refractivity contribution is 0.285. The Morgan fingerprint density at radius 2 is 2.25 bits per heavy atom. The van der Waals surface area contributed by atoms with Gasteiger partial charge in [0.05, 0.1) is 17.3 Å². The van der Waals surface area contributed by atoms with Crippen LogP contribution in [0.1, 0.15) is 38.2 Å². The number of halogens is 1. The van der Waals surface area contributed by atoms with Gasteiger partial charge in [-0.15, -0.1) is 0 Å². The molecule has 1 fully saturated rings. The molecule has 0 spiro atoms. The summed E-state index contributed by atoms with van der Waals surface area (Å²) in [6, 6.07) is 6.89. The van der Waals surface area contributed by atoms with E-state index >= 15 is 0 Å². The van der Waals surface area contributed by atoms with Crippen molar-refractivity contribution in [2.45, 2.75) is 38.6 Å². The predicted molar refractivity (Wildman–Crippen MR) is 79.1 cm³/mol. The number of anilines is 1. The van der Waals surface area contributed by atoms with Gasteiger partial charge in [0, 0.05) is 12.6 Å². The molecule has 1 N–H and O–H groups in total. The summed E-state index contributed by atoms with van der Waals surface area (Å²) in [5.74, 6) is -0.335. The first-order valence-corrected chi connectivity index (χ1v) is 7.41. The second-order valence-electron chi connectivity index (χ2n) is 5.42. The maximum Gasteiger partial charge on any atom is 0.147 e. The van der Waals surface area contributed by atoms with Gasteiger partial charge in [-0.3, -0.25) is 0 Å². The van der Waals surface area contributed by atoms with Gasteiger partial charge in [-0.2, -0.15) is 5.26 Å². The average Bonchev–Trinajstić information content (AvgIpc) is 2.67. The Bertz CT molecular complexity index is 481. The summed E-state index contributed by atoms with van der Waals surface area (Å²) in [4.78, 5) is 2.48. The lowest BCUT2D eigenvalue weighted by atomic mass is 10.1. The molecule has 1 unspecified atom stereocenters. The van der Waals surface area contributed by atoms with Crippen LogP contribution in [0.25, 0.3) is 0 Å². The van der Waals surface area contributed by atoms with Gasteiger partial charge in [0.15, 0.2) is 0 Å². The van der Waals surface area contributed by atoms with Crippen molar-refractivity contribution >= 4 is 5.69 Å². The van der Waals surface area contributed by atoms with E-state index in [0.29, 0.717) is 17.3 Å². The van der Waals surface area contributed by atoms with Crippen molar-refractivity contribution in [1.29, 1.82) is 5.26 Å². The van der Waals surface area contributed by atoms with E-state index in [4.69, 9.17) is 5.26 Å². The number of hydrogen-bond donors (Lipinski definition) is 1. The van der Waals surface area contributed by atoms with Crippen LogP contribution in [0, 0.1) is 17.1 Å². The minimum absolute atomic E-state index is 0.319. The zero-order valence-electron chi connectivity index (χ0n) is 12.0. The van der Waals surface area contributed by atoms with Crippen molar-refractivity contribution < 1.29 is 4.39 Å². The van der Waals surface area contributed by atoms with Crippen molar-refractivity contribution in [3.8, 4) is 6.07 Å². The van der Waals surface area contributed by atoms with E-state index in [-0.39, 0.29) is 5.82 Å². The SMILES string of the molecule is CCCN1CCCC(Nc2ccc(C#N)cc2F)CC1. The Hall–Kier alpha value is -1.60. The topological polar surface area (TPSA) is 39.1 Å². The number of nitrogens with one attached hydrogen (secondary N) is 1. The number of likely N-dealkylation sites (tertiary alicyclic amines) is 1. The van der Waals surface area contributed by atoms with E-state index < -0.39 is 0 Å². The van der Waals surface area contributed by atoms with Crippen LogP contribution >= 0.6 is 0 Å². The average molecular weight is 275 g/mol. The molecule has 0 radical (unpaired) electrons. The summed E-state index contributed by atoms with van der Waals surface area (Å²) in [6.07, 6.45) is 4.44. The first-order chi connectivity index (χ1) is 9.72. The van der Waals surface area contributed by atoms with Crippen molar-refractivity contribution in [2.75, 3.05) is 25.0 Å². The quantitative estimate of drug-likeness (QED) is 0.915. The van der Waals surface area contributed by atoms with Gasteiger partial charge in [-0.1, -0.05) is 6.92 Å².